The fourth-order valence-electron chi connectivity index (χ4n) is 2.51. The van der Waals surface area contributed by atoms with E-state index in [1.54, 1.807) is 60.7 Å². The molecule has 140 valence electrons. The Labute approximate surface area is 168 Å². The second-order valence-corrected chi connectivity index (χ2v) is 6.47. The molecule has 0 spiro atoms. The van der Waals surface area contributed by atoms with E-state index < -0.39 is 16.7 Å². The number of hydrogen-bond acceptors (Lipinski definition) is 4. The van der Waals surface area contributed by atoms with Crippen LogP contribution in [0.4, 0.5) is 11.4 Å². The molecule has 0 aliphatic heterocycles. The Kier molecular flexibility index (Phi) is 5.81. The lowest BCUT2D eigenvalue weighted by molar-refractivity contribution is -0.385. The number of nitrogens with zero attached hydrogens (tertiary/aromatic N) is 2. The SMILES string of the molecule is O=C(NN(C(=O)c1cccc([N+](=O)[O-])c1Br)c1ccccc1)c1ccccc1. The van der Waals surface area contributed by atoms with Crippen LogP contribution in [0.25, 0.3) is 0 Å². The van der Waals surface area contributed by atoms with Crippen LogP contribution >= 0.6 is 15.9 Å². The summed E-state index contributed by atoms with van der Waals surface area (Å²) < 4.78 is 0.0416. The number of nitrogens with one attached hydrogen (secondary N) is 1. The number of anilines is 1. The fraction of sp³-hybridized carbons (Fsp3) is 0. The maximum absolute atomic E-state index is 13.2. The zero-order valence-corrected chi connectivity index (χ0v) is 16.0. The van der Waals surface area contributed by atoms with Gasteiger partial charge in [0.25, 0.3) is 17.5 Å². The first-order valence-electron chi connectivity index (χ1n) is 8.17. The topological polar surface area (TPSA) is 92.6 Å². The summed E-state index contributed by atoms with van der Waals surface area (Å²) in [5.41, 5.74) is 3.17. The number of halogens is 1. The van der Waals surface area contributed by atoms with Gasteiger partial charge in [0.05, 0.1) is 16.2 Å². The van der Waals surface area contributed by atoms with E-state index in [0.717, 1.165) is 5.01 Å². The number of nitro groups is 1. The van der Waals surface area contributed by atoms with E-state index in [0.29, 0.717) is 11.3 Å². The minimum absolute atomic E-state index is 0.0416. The second-order valence-electron chi connectivity index (χ2n) is 5.68. The van der Waals surface area contributed by atoms with Gasteiger partial charge in [-0.2, -0.15) is 0 Å². The largest absolute Gasteiger partial charge is 0.284 e. The second kappa shape index (κ2) is 8.45. The molecular formula is C20H14BrN3O4. The highest BCUT2D eigenvalue weighted by Gasteiger charge is 2.26. The smallest absolute Gasteiger partial charge is 0.267 e. The Hall–Kier alpha value is -3.52. The molecule has 28 heavy (non-hydrogen) atoms. The van der Waals surface area contributed by atoms with Crippen LogP contribution in [-0.4, -0.2) is 16.7 Å². The Balaban J connectivity index is 2.00. The lowest BCUT2D eigenvalue weighted by atomic mass is 10.1. The molecule has 0 atom stereocenters. The average Bonchev–Trinajstić information content (AvgIpc) is 2.72. The summed E-state index contributed by atoms with van der Waals surface area (Å²) in [5.74, 6) is -1.11. The molecule has 0 bridgehead atoms. The van der Waals surface area contributed by atoms with Crippen molar-refractivity contribution in [2.75, 3.05) is 5.01 Å². The minimum atomic E-state index is -0.619. The van der Waals surface area contributed by atoms with Gasteiger partial charge in [-0.15, -0.1) is 0 Å². The molecule has 0 aliphatic carbocycles. The molecule has 7 nitrogen and oxygen atoms in total. The summed E-state index contributed by atoms with van der Waals surface area (Å²) in [6, 6.07) is 21.1. The zero-order valence-electron chi connectivity index (χ0n) is 14.4. The number of benzene rings is 3. The molecule has 3 aromatic rings. The molecule has 0 aliphatic rings. The summed E-state index contributed by atoms with van der Waals surface area (Å²) in [7, 11) is 0. The molecule has 0 aromatic heterocycles. The Bertz CT molecular complexity index is 1030. The van der Waals surface area contributed by atoms with Crippen molar-refractivity contribution in [3.05, 3.63) is 105 Å². The molecule has 0 unspecified atom stereocenters. The normalized spacial score (nSPS) is 10.2. The van der Waals surface area contributed by atoms with Gasteiger partial charge in [0.1, 0.15) is 4.47 Å². The monoisotopic (exact) mass is 439 g/mol. The molecule has 3 rings (SSSR count). The first-order valence-corrected chi connectivity index (χ1v) is 8.97. The number of nitro benzene ring substituents is 1. The maximum atomic E-state index is 13.2. The third-order valence-electron chi connectivity index (χ3n) is 3.87. The van der Waals surface area contributed by atoms with E-state index in [-0.39, 0.29) is 15.7 Å². The highest BCUT2D eigenvalue weighted by molar-refractivity contribution is 9.10. The lowest BCUT2D eigenvalue weighted by Crippen LogP contribution is -2.46. The summed E-state index contributed by atoms with van der Waals surface area (Å²) in [6.45, 7) is 0. The van der Waals surface area contributed by atoms with Crippen molar-refractivity contribution in [2.45, 2.75) is 0 Å². The van der Waals surface area contributed by atoms with Crippen LogP contribution in [0, 0.1) is 10.1 Å². The highest BCUT2D eigenvalue weighted by Crippen LogP contribution is 2.30. The van der Waals surface area contributed by atoms with Crippen LogP contribution in [0.15, 0.2) is 83.3 Å². The summed E-state index contributed by atoms with van der Waals surface area (Å²) >= 11 is 3.13. The number of rotatable bonds is 4. The number of para-hydroxylation sites is 1. The number of hydrogen-bond donors (Lipinski definition) is 1. The first-order chi connectivity index (χ1) is 13.5. The van der Waals surface area contributed by atoms with Crippen LogP contribution in [-0.2, 0) is 0 Å². The van der Waals surface area contributed by atoms with Crippen LogP contribution in [0.3, 0.4) is 0 Å². The van der Waals surface area contributed by atoms with Crippen molar-refractivity contribution in [3.8, 4) is 0 Å². The van der Waals surface area contributed by atoms with Gasteiger partial charge in [-0.3, -0.25) is 25.1 Å². The van der Waals surface area contributed by atoms with Crippen molar-refractivity contribution in [3.63, 3.8) is 0 Å². The van der Waals surface area contributed by atoms with Crippen molar-refractivity contribution in [1.29, 1.82) is 0 Å². The van der Waals surface area contributed by atoms with Crippen molar-refractivity contribution in [1.82, 2.24) is 5.43 Å². The number of carbonyl (C=O) groups excluding carboxylic acids is 2. The molecule has 0 saturated carbocycles. The van der Waals surface area contributed by atoms with E-state index in [4.69, 9.17) is 0 Å². The van der Waals surface area contributed by atoms with Crippen molar-refractivity contribution in [2.24, 2.45) is 0 Å². The van der Waals surface area contributed by atoms with Crippen LogP contribution in [0.5, 0.6) is 0 Å². The maximum Gasteiger partial charge on any atom is 0.284 e. The van der Waals surface area contributed by atoms with Gasteiger partial charge in [-0.05, 0) is 46.3 Å². The summed E-state index contributed by atoms with van der Waals surface area (Å²) in [5, 5.41) is 12.2. The number of hydrazine groups is 1. The Morgan fingerprint density at radius 1 is 0.893 bits per heavy atom. The van der Waals surface area contributed by atoms with E-state index in [9.17, 15) is 19.7 Å². The third kappa shape index (κ3) is 4.07. The van der Waals surface area contributed by atoms with Gasteiger partial charge >= 0.3 is 0 Å². The predicted molar refractivity (Wildman–Crippen MR) is 108 cm³/mol. The number of amides is 2. The molecule has 0 fully saturated rings. The third-order valence-corrected chi connectivity index (χ3v) is 4.71. The summed E-state index contributed by atoms with van der Waals surface area (Å²) in [6.07, 6.45) is 0. The van der Waals surface area contributed by atoms with Crippen LogP contribution in [0.2, 0.25) is 0 Å². The zero-order chi connectivity index (χ0) is 20.1. The Morgan fingerprint density at radius 2 is 1.50 bits per heavy atom. The molecular weight excluding hydrogens is 426 g/mol. The molecule has 0 heterocycles. The Morgan fingerprint density at radius 3 is 2.11 bits per heavy atom. The molecule has 2 amide bonds. The predicted octanol–water partition coefficient (Wildman–Crippen LogP) is 4.35. The van der Waals surface area contributed by atoms with Gasteiger partial charge < -0.3 is 0 Å². The molecule has 0 radical (unpaired) electrons. The van der Waals surface area contributed by atoms with Gasteiger partial charge in [0, 0.05) is 11.6 Å². The van der Waals surface area contributed by atoms with E-state index >= 15 is 0 Å². The van der Waals surface area contributed by atoms with Gasteiger partial charge in [-0.25, -0.2) is 5.01 Å². The average molecular weight is 440 g/mol. The van der Waals surface area contributed by atoms with Gasteiger partial charge in [0.15, 0.2) is 0 Å². The van der Waals surface area contributed by atoms with Gasteiger partial charge in [0.2, 0.25) is 0 Å². The van der Waals surface area contributed by atoms with E-state index in [1.807, 2.05) is 0 Å². The lowest BCUT2D eigenvalue weighted by Gasteiger charge is -2.24. The van der Waals surface area contributed by atoms with Crippen LogP contribution in [0.1, 0.15) is 20.7 Å². The quantitative estimate of drug-likeness (QED) is 0.482. The molecule has 1 N–H and O–H groups in total. The van der Waals surface area contributed by atoms with Crippen LogP contribution < -0.4 is 10.4 Å². The van der Waals surface area contributed by atoms with Gasteiger partial charge in [-0.1, -0.05) is 42.5 Å². The van der Waals surface area contributed by atoms with E-state index in [1.165, 1.54) is 18.2 Å². The first kappa shape index (κ1) is 19.2. The molecule has 8 heteroatoms. The van der Waals surface area contributed by atoms with Crippen molar-refractivity contribution < 1.29 is 14.5 Å². The number of carbonyl (C=O) groups is 2. The minimum Gasteiger partial charge on any atom is -0.267 e. The molecule has 0 saturated heterocycles. The standard InChI is InChI=1S/C20H14BrN3O4/c21-18-16(12-7-13-17(18)24(27)28)20(26)23(15-10-5-2-6-11-15)22-19(25)14-8-3-1-4-9-14/h1-13H,(H,22,25). The summed E-state index contributed by atoms with van der Waals surface area (Å²) in [4.78, 5) is 36.4. The van der Waals surface area contributed by atoms with Crippen molar-refractivity contribution >= 4 is 39.1 Å². The molecule has 3 aromatic carbocycles. The van der Waals surface area contributed by atoms with E-state index in [2.05, 4.69) is 21.4 Å². The highest BCUT2D eigenvalue weighted by atomic mass is 79.9. The fourth-order valence-corrected chi connectivity index (χ4v) is 3.09.